The van der Waals surface area contributed by atoms with Crippen molar-refractivity contribution >= 4 is 6.09 Å². The first-order valence-electron chi connectivity index (χ1n) is 9.97. The van der Waals surface area contributed by atoms with Gasteiger partial charge in [-0.15, -0.1) is 0 Å². The third-order valence-electron chi connectivity index (χ3n) is 6.28. The van der Waals surface area contributed by atoms with Gasteiger partial charge in [-0.25, -0.2) is 4.79 Å². The molecule has 0 aromatic heterocycles. The Balaban J connectivity index is 1.43. The van der Waals surface area contributed by atoms with Gasteiger partial charge in [0.25, 0.3) is 0 Å². The van der Waals surface area contributed by atoms with Crippen molar-refractivity contribution in [1.82, 2.24) is 9.80 Å². The molecule has 4 nitrogen and oxygen atoms in total. The van der Waals surface area contributed by atoms with Crippen LogP contribution in [0.25, 0.3) is 0 Å². The molecule has 139 valence electrons. The van der Waals surface area contributed by atoms with Crippen molar-refractivity contribution in [2.45, 2.75) is 31.4 Å². The Kier molecular flexibility index (Phi) is 4.36. The summed E-state index contributed by atoms with van der Waals surface area (Å²) in [6, 6.07) is 18.7. The van der Waals surface area contributed by atoms with E-state index < -0.39 is 0 Å². The summed E-state index contributed by atoms with van der Waals surface area (Å²) in [5.74, 6) is 0.478. The zero-order valence-electron chi connectivity index (χ0n) is 15.5. The van der Waals surface area contributed by atoms with Crippen LogP contribution in [0.15, 0.2) is 54.6 Å². The lowest BCUT2D eigenvalue weighted by Gasteiger charge is -2.45. The van der Waals surface area contributed by atoms with Crippen molar-refractivity contribution in [2.24, 2.45) is 5.92 Å². The van der Waals surface area contributed by atoms with Gasteiger partial charge >= 0.3 is 6.09 Å². The number of carbonyl (C=O) groups is 1. The number of ether oxygens (including phenoxy) is 1. The molecule has 27 heavy (non-hydrogen) atoms. The van der Waals surface area contributed by atoms with Gasteiger partial charge in [0.2, 0.25) is 0 Å². The second-order valence-corrected chi connectivity index (χ2v) is 7.84. The minimum absolute atomic E-state index is 0.0184. The van der Waals surface area contributed by atoms with E-state index in [4.69, 9.17) is 4.74 Å². The van der Waals surface area contributed by atoms with Crippen molar-refractivity contribution in [2.75, 3.05) is 19.6 Å². The zero-order valence-corrected chi connectivity index (χ0v) is 15.5. The number of fused-ring (bicyclic) bond motifs is 4. The van der Waals surface area contributed by atoms with Gasteiger partial charge in [0.05, 0.1) is 6.04 Å². The fraction of sp³-hybridized carbons (Fsp3) is 0.391. The maximum Gasteiger partial charge on any atom is 0.410 e. The molecule has 2 unspecified atom stereocenters. The van der Waals surface area contributed by atoms with Crippen LogP contribution in [-0.4, -0.2) is 41.6 Å². The molecule has 2 aromatic carbocycles. The van der Waals surface area contributed by atoms with Crippen LogP contribution in [0, 0.1) is 12.5 Å². The first-order valence-corrected chi connectivity index (χ1v) is 9.97. The quantitative estimate of drug-likeness (QED) is 0.810. The van der Waals surface area contributed by atoms with E-state index in [2.05, 4.69) is 47.8 Å². The van der Waals surface area contributed by atoms with Crippen molar-refractivity contribution in [3.05, 3.63) is 77.8 Å². The molecule has 3 fully saturated rings. The summed E-state index contributed by atoms with van der Waals surface area (Å²) in [5, 5.41) is 0. The van der Waals surface area contributed by atoms with Crippen molar-refractivity contribution < 1.29 is 9.53 Å². The van der Waals surface area contributed by atoms with E-state index in [0.717, 1.165) is 37.9 Å². The van der Waals surface area contributed by atoms with Crippen LogP contribution >= 0.6 is 0 Å². The minimum atomic E-state index is -0.169. The first kappa shape index (κ1) is 16.8. The van der Waals surface area contributed by atoms with E-state index in [-0.39, 0.29) is 18.2 Å². The average Bonchev–Trinajstić information content (AvgIpc) is 2.74. The van der Waals surface area contributed by atoms with Gasteiger partial charge in [-0.05, 0) is 42.5 Å². The number of amides is 1. The molecule has 4 heteroatoms. The highest BCUT2D eigenvalue weighted by Crippen LogP contribution is 2.37. The number of hydrogen-bond donors (Lipinski definition) is 0. The van der Waals surface area contributed by atoms with E-state index >= 15 is 0 Å². The van der Waals surface area contributed by atoms with Gasteiger partial charge in [-0.1, -0.05) is 54.6 Å². The molecule has 3 saturated heterocycles. The van der Waals surface area contributed by atoms with E-state index in [0.29, 0.717) is 12.5 Å². The molecule has 4 aliphatic heterocycles. The summed E-state index contributed by atoms with van der Waals surface area (Å²) >= 11 is 0. The molecule has 0 N–H and O–H groups in total. The molecule has 2 bridgehead atoms. The monoisotopic (exact) mass is 361 g/mol. The molecular weight excluding hydrogens is 336 g/mol. The fourth-order valence-electron chi connectivity index (χ4n) is 4.80. The second kappa shape index (κ2) is 7.01. The third-order valence-corrected chi connectivity index (χ3v) is 6.28. The van der Waals surface area contributed by atoms with E-state index in [1.807, 2.05) is 23.1 Å². The van der Waals surface area contributed by atoms with Crippen molar-refractivity contribution in [3.8, 4) is 0 Å². The number of nitrogens with zero attached hydrogens (tertiary/aromatic N) is 2. The molecule has 1 radical (unpaired) electrons. The third kappa shape index (κ3) is 3.12. The number of benzene rings is 2. The minimum Gasteiger partial charge on any atom is -0.444 e. The molecule has 1 amide bonds. The van der Waals surface area contributed by atoms with E-state index in [1.165, 1.54) is 11.1 Å². The Morgan fingerprint density at radius 3 is 2.56 bits per heavy atom. The zero-order chi connectivity index (χ0) is 18.2. The largest absolute Gasteiger partial charge is 0.444 e. The molecule has 0 saturated carbocycles. The number of piperidine rings is 3. The molecule has 0 spiro atoms. The van der Waals surface area contributed by atoms with Crippen LogP contribution in [0.5, 0.6) is 0 Å². The van der Waals surface area contributed by atoms with Crippen molar-refractivity contribution in [1.29, 1.82) is 0 Å². The van der Waals surface area contributed by atoms with Gasteiger partial charge in [0.15, 0.2) is 0 Å². The molecule has 4 atom stereocenters. The summed E-state index contributed by atoms with van der Waals surface area (Å²) in [7, 11) is 0. The van der Waals surface area contributed by atoms with Crippen LogP contribution in [0.2, 0.25) is 0 Å². The summed E-state index contributed by atoms with van der Waals surface area (Å²) in [4.78, 5) is 17.4. The lowest BCUT2D eigenvalue weighted by molar-refractivity contribution is -0.0318. The Bertz CT molecular complexity index is 814. The molecule has 4 heterocycles. The van der Waals surface area contributed by atoms with Gasteiger partial charge in [-0.2, -0.15) is 0 Å². The molecular formula is C23H25N2O2. The van der Waals surface area contributed by atoms with E-state index in [1.54, 1.807) is 0 Å². The van der Waals surface area contributed by atoms with Crippen LogP contribution in [0.3, 0.4) is 0 Å². The highest BCUT2D eigenvalue weighted by atomic mass is 16.6. The highest BCUT2D eigenvalue weighted by Gasteiger charge is 2.39. The van der Waals surface area contributed by atoms with Crippen LogP contribution in [0.4, 0.5) is 4.79 Å². The van der Waals surface area contributed by atoms with Gasteiger partial charge < -0.3 is 4.74 Å². The van der Waals surface area contributed by atoms with Gasteiger partial charge in [0.1, 0.15) is 6.10 Å². The molecule has 0 aliphatic carbocycles. The average molecular weight is 361 g/mol. The van der Waals surface area contributed by atoms with Crippen LogP contribution < -0.4 is 0 Å². The summed E-state index contributed by atoms with van der Waals surface area (Å²) < 4.78 is 6.06. The Labute approximate surface area is 160 Å². The Morgan fingerprint density at radius 1 is 1.00 bits per heavy atom. The van der Waals surface area contributed by atoms with Gasteiger partial charge in [-0.3, -0.25) is 9.80 Å². The number of rotatable bonds is 2. The smallest absolute Gasteiger partial charge is 0.410 e. The summed E-state index contributed by atoms with van der Waals surface area (Å²) in [5.41, 5.74) is 3.69. The predicted molar refractivity (Wildman–Crippen MR) is 104 cm³/mol. The normalized spacial score (nSPS) is 29.3. The molecule has 2 aromatic rings. The number of carbonyl (C=O) groups excluding carboxylic acids is 1. The SMILES string of the molecule is O=C(O[C@H]1CN2[CH]CC1CC2)N1CCc2ccccc2[C@@H]1c1ccccc1. The highest BCUT2D eigenvalue weighted by molar-refractivity contribution is 5.70. The predicted octanol–water partition coefficient (Wildman–Crippen LogP) is 4.03. The van der Waals surface area contributed by atoms with Gasteiger partial charge in [0, 0.05) is 25.6 Å². The summed E-state index contributed by atoms with van der Waals surface area (Å²) in [6.07, 6.45) is 2.88. The standard InChI is InChI=1S/C23H25N2O2/c26-23(27-21-16-24-13-10-18(21)11-14-24)25-15-12-17-6-4-5-9-20(17)22(25)19-7-2-1-3-8-19/h1-9,13,18,21-22H,10-12,14-16H2/t18?,21-,22-/m0/s1. The Morgan fingerprint density at radius 2 is 1.81 bits per heavy atom. The van der Waals surface area contributed by atoms with Crippen LogP contribution in [0.1, 0.15) is 35.6 Å². The molecule has 4 aliphatic rings. The van der Waals surface area contributed by atoms with Crippen LogP contribution in [-0.2, 0) is 11.2 Å². The topological polar surface area (TPSA) is 32.8 Å². The summed E-state index contributed by atoms with van der Waals surface area (Å²) in [6.45, 7) is 4.91. The Hall–Kier alpha value is -2.33. The van der Waals surface area contributed by atoms with Crippen molar-refractivity contribution in [3.63, 3.8) is 0 Å². The first-order chi connectivity index (χ1) is 13.3. The lowest BCUT2D eigenvalue weighted by atomic mass is 9.86. The lowest BCUT2D eigenvalue weighted by Crippen LogP contribution is -2.51. The molecule has 6 rings (SSSR count). The second-order valence-electron chi connectivity index (χ2n) is 7.84. The number of hydrogen-bond acceptors (Lipinski definition) is 3. The fourth-order valence-corrected chi connectivity index (χ4v) is 4.80. The maximum atomic E-state index is 13.2. The van der Waals surface area contributed by atoms with E-state index in [9.17, 15) is 4.79 Å². The maximum absolute atomic E-state index is 13.2.